The molecule has 1 rings (SSSR count). The van der Waals surface area contributed by atoms with Gasteiger partial charge in [-0.15, -0.1) is 0 Å². The summed E-state index contributed by atoms with van der Waals surface area (Å²) in [6.45, 7) is 2.14. The first-order chi connectivity index (χ1) is 8.88. The van der Waals surface area contributed by atoms with Crippen molar-refractivity contribution in [2.45, 2.75) is 18.2 Å². The van der Waals surface area contributed by atoms with E-state index < -0.39 is 15.9 Å². The normalized spacial score (nSPS) is 11.8. The van der Waals surface area contributed by atoms with Crippen LogP contribution in [0.1, 0.15) is 23.7 Å². The highest BCUT2D eigenvalue weighted by Crippen LogP contribution is 2.19. The molecule has 0 atom stereocenters. The zero-order valence-corrected chi connectivity index (χ0v) is 11.4. The first kappa shape index (κ1) is 15.2. The van der Waals surface area contributed by atoms with Crippen LogP contribution in [0.4, 0.5) is 5.69 Å². The maximum atomic E-state index is 12.0. The molecule has 0 aliphatic heterocycles. The number of carbonyl (C=O) groups excluding carboxylic acids is 1. The van der Waals surface area contributed by atoms with Crippen LogP contribution in [0.5, 0.6) is 0 Å². The third-order valence-electron chi connectivity index (χ3n) is 2.42. The van der Waals surface area contributed by atoms with Gasteiger partial charge in [0, 0.05) is 12.1 Å². The molecular weight excluding hydrogens is 266 g/mol. The number of sulfonamides is 1. The van der Waals surface area contributed by atoms with Gasteiger partial charge in [-0.2, -0.15) is 0 Å². The number of hydrogen-bond donors (Lipinski definition) is 3. The fourth-order valence-corrected chi connectivity index (χ4v) is 2.63. The molecule has 6 nitrogen and oxygen atoms in total. The standard InChI is InChI=1S/C12H17N3O3S/c1-2-3-4-7-15-19(17,18)11-6-5-9(12(14)16)8-10(11)13/h2-3,5-6,8,15H,4,7,13H2,1H3,(H2,14,16)/b3-2+. The predicted octanol–water partition coefficient (Wildman–Crippen LogP) is 0.612. The lowest BCUT2D eigenvalue weighted by molar-refractivity contribution is 0.1000. The van der Waals surface area contributed by atoms with Crippen molar-refractivity contribution in [2.75, 3.05) is 12.3 Å². The monoisotopic (exact) mass is 283 g/mol. The number of rotatable bonds is 6. The molecule has 104 valence electrons. The smallest absolute Gasteiger partial charge is 0.248 e. The minimum absolute atomic E-state index is 0.00478. The van der Waals surface area contributed by atoms with Gasteiger partial charge >= 0.3 is 0 Å². The summed E-state index contributed by atoms with van der Waals surface area (Å²) in [5, 5.41) is 0. The molecule has 0 spiro atoms. The number of nitrogens with one attached hydrogen (secondary N) is 1. The highest BCUT2D eigenvalue weighted by atomic mass is 32.2. The van der Waals surface area contributed by atoms with Gasteiger partial charge in [-0.3, -0.25) is 4.79 Å². The third kappa shape index (κ3) is 4.08. The Kier molecular flexibility index (Phi) is 5.08. The Morgan fingerprint density at radius 3 is 2.63 bits per heavy atom. The molecule has 1 aromatic rings. The molecule has 0 saturated heterocycles. The summed E-state index contributed by atoms with van der Waals surface area (Å²) in [5.74, 6) is -0.656. The summed E-state index contributed by atoms with van der Waals surface area (Å²) < 4.78 is 26.4. The van der Waals surface area contributed by atoms with Crippen molar-refractivity contribution in [1.82, 2.24) is 4.72 Å². The van der Waals surface area contributed by atoms with Crippen molar-refractivity contribution in [2.24, 2.45) is 5.73 Å². The van der Waals surface area contributed by atoms with Crippen molar-refractivity contribution in [3.05, 3.63) is 35.9 Å². The number of amides is 1. The lowest BCUT2D eigenvalue weighted by Gasteiger charge is -2.09. The molecule has 0 saturated carbocycles. The predicted molar refractivity (Wildman–Crippen MR) is 74.0 cm³/mol. The van der Waals surface area contributed by atoms with Gasteiger partial charge in [0.25, 0.3) is 0 Å². The Labute approximate surface area is 112 Å². The maximum absolute atomic E-state index is 12.0. The second kappa shape index (κ2) is 6.35. The van der Waals surface area contributed by atoms with Crippen LogP contribution < -0.4 is 16.2 Å². The molecule has 0 heterocycles. The van der Waals surface area contributed by atoms with Crippen molar-refractivity contribution in [1.29, 1.82) is 0 Å². The number of benzene rings is 1. The lowest BCUT2D eigenvalue weighted by atomic mass is 10.2. The van der Waals surface area contributed by atoms with Gasteiger partial charge in [-0.1, -0.05) is 12.2 Å². The summed E-state index contributed by atoms with van der Waals surface area (Å²) in [6.07, 6.45) is 4.28. The minimum atomic E-state index is -3.67. The quantitative estimate of drug-likeness (QED) is 0.403. The first-order valence-corrected chi connectivity index (χ1v) is 7.17. The summed E-state index contributed by atoms with van der Waals surface area (Å²) in [7, 11) is -3.67. The van der Waals surface area contributed by atoms with Crippen molar-refractivity contribution >= 4 is 21.6 Å². The first-order valence-electron chi connectivity index (χ1n) is 5.68. The zero-order valence-electron chi connectivity index (χ0n) is 10.6. The molecule has 19 heavy (non-hydrogen) atoms. The van der Waals surface area contributed by atoms with Crippen LogP contribution in [-0.4, -0.2) is 20.9 Å². The van der Waals surface area contributed by atoms with Gasteiger partial charge in [0.15, 0.2) is 0 Å². The van der Waals surface area contributed by atoms with E-state index in [1.54, 1.807) is 0 Å². The van der Waals surface area contributed by atoms with Crippen molar-refractivity contribution < 1.29 is 13.2 Å². The van der Waals surface area contributed by atoms with Crippen LogP contribution in [0, 0.1) is 0 Å². The Hall–Kier alpha value is -1.86. The SMILES string of the molecule is C/C=C/CCNS(=O)(=O)c1ccc(C(N)=O)cc1N. The van der Waals surface area contributed by atoms with E-state index in [2.05, 4.69) is 4.72 Å². The van der Waals surface area contributed by atoms with Gasteiger partial charge in [-0.05, 0) is 31.5 Å². The summed E-state index contributed by atoms with van der Waals surface area (Å²) >= 11 is 0. The van der Waals surface area contributed by atoms with Crippen LogP contribution in [-0.2, 0) is 10.0 Å². The molecule has 7 heteroatoms. The summed E-state index contributed by atoms with van der Waals surface area (Å²) in [5.41, 5.74) is 10.9. The molecule has 0 unspecified atom stereocenters. The molecule has 5 N–H and O–H groups in total. The van der Waals surface area contributed by atoms with E-state index >= 15 is 0 Å². The van der Waals surface area contributed by atoms with E-state index in [9.17, 15) is 13.2 Å². The fourth-order valence-electron chi connectivity index (χ4n) is 1.47. The molecule has 0 fully saturated rings. The minimum Gasteiger partial charge on any atom is -0.398 e. The van der Waals surface area contributed by atoms with Gasteiger partial charge in [-0.25, -0.2) is 13.1 Å². The molecule has 0 aliphatic carbocycles. The largest absolute Gasteiger partial charge is 0.398 e. The lowest BCUT2D eigenvalue weighted by Crippen LogP contribution is -2.25. The number of nitrogen functional groups attached to an aromatic ring is 1. The summed E-state index contributed by atoms with van der Waals surface area (Å²) in [4.78, 5) is 10.9. The second-order valence-electron chi connectivity index (χ2n) is 3.87. The fraction of sp³-hybridized carbons (Fsp3) is 0.250. The topological polar surface area (TPSA) is 115 Å². The average molecular weight is 283 g/mol. The van der Waals surface area contributed by atoms with E-state index in [0.29, 0.717) is 6.42 Å². The third-order valence-corrected chi connectivity index (χ3v) is 3.96. The molecule has 0 aliphatic rings. The Bertz CT molecular complexity index is 594. The van der Waals surface area contributed by atoms with Crippen LogP contribution in [0.25, 0.3) is 0 Å². The van der Waals surface area contributed by atoms with Crippen molar-refractivity contribution in [3.8, 4) is 0 Å². The van der Waals surface area contributed by atoms with E-state index in [-0.39, 0.29) is 22.7 Å². The van der Waals surface area contributed by atoms with Crippen LogP contribution in [0.15, 0.2) is 35.2 Å². The maximum Gasteiger partial charge on any atom is 0.248 e. The number of allylic oxidation sites excluding steroid dienone is 1. The van der Waals surface area contributed by atoms with Gasteiger partial charge in [0.1, 0.15) is 4.90 Å². The second-order valence-corrected chi connectivity index (χ2v) is 5.61. The highest BCUT2D eigenvalue weighted by Gasteiger charge is 2.17. The van der Waals surface area contributed by atoms with Crippen LogP contribution >= 0.6 is 0 Å². The van der Waals surface area contributed by atoms with Gasteiger partial charge in [0.05, 0.1) is 5.69 Å². The molecule has 0 radical (unpaired) electrons. The van der Waals surface area contributed by atoms with Gasteiger partial charge < -0.3 is 11.5 Å². The average Bonchev–Trinajstić information content (AvgIpc) is 2.34. The Morgan fingerprint density at radius 2 is 2.11 bits per heavy atom. The van der Waals surface area contributed by atoms with Gasteiger partial charge in [0.2, 0.25) is 15.9 Å². The van der Waals surface area contributed by atoms with E-state index in [4.69, 9.17) is 11.5 Å². The highest BCUT2D eigenvalue weighted by molar-refractivity contribution is 7.89. The molecule has 1 aromatic carbocycles. The number of nitrogens with two attached hydrogens (primary N) is 2. The van der Waals surface area contributed by atoms with E-state index in [1.807, 2.05) is 19.1 Å². The Balaban J connectivity index is 2.92. The summed E-state index contributed by atoms with van der Waals surface area (Å²) in [6, 6.07) is 3.86. The van der Waals surface area contributed by atoms with Crippen LogP contribution in [0.2, 0.25) is 0 Å². The molecule has 0 bridgehead atoms. The van der Waals surface area contributed by atoms with Crippen LogP contribution in [0.3, 0.4) is 0 Å². The molecule has 1 amide bonds. The Morgan fingerprint density at radius 1 is 1.42 bits per heavy atom. The molecular formula is C12H17N3O3S. The van der Waals surface area contributed by atoms with Crippen molar-refractivity contribution in [3.63, 3.8) is 0 Å². The van der Waals surface area contributed by atoms with E-state index in [1.165, 1.54) is 18.2 Å². The zero-order chi connectivity index (χ0) is 14.5. The number of anilines is 1. The number of carbonyl (C=O) groups is 1. The van der Waals surface area contributed by atoms with E-state index in [0.717, 1.165) is 0 Å². The number of primary amides is 1. The molecule has 0 aromatic heterocycles. The number of hydrogen-bond acceptors (Lipinski definition) is 4.